The molecule has 1 rings (SSSR count). The summed E-state index contributed by atoms with van der Waals surface area (Å²) in [4.78, 5) is 0. The normalized spacial score (nSPS) is 41.1. The van der Waals surface area contributed by atoms with Crippen molar-refractivity contribution in [3.05, 3.63) is 0 Å². The minimum absolute atomic E-state index is 0.449. The van der Waals surface area contributed by atoms with E-state index in [0.29, 0.717) is 0 Å². The van der Waals surface area contributed by atoms with Crippen molar-refractivity contribution in [3.63, 3.8) is 0 Å². The maximum absolute atomic E-state index is 9.64. The summed E-state index contributed by atoms with van der Waals surface area (Å²) in [6, 6.07) is 0. The van der Waals surface area contributed by atoms with Crippen LogP contribution in [0, 0.1) is 0 Å². The molecule has 0 unspecified atom stereocenters. The molecule has 0 saturated carbocycles. The van der Waals surface area contributed by atoms with E-state index < -0.39 is 42.9 Å². The third-order valence-electron chi connectivity index (χ3n) is 2.32. The van der Waals surface area contributed by atoms with Crippen LogP contribution in [0.1, 0.15) is 20.8 Å². The van der Waals surface area contributed by atoms with Gasteiger partial charge in [-0.15, -0.1) is 0 Å². The topological polar surface area (TPSA) is 99.4 Å². The van der Waals surface area contributed by atoms with E-state index in [-0.39, 0.29) is 0 Å². The molecule has 16 heavy (non-hydrogen) atoms. The second kappa shape index (κ2) is 4.95. The maximum Gasteiger partial charge on any atom is 0.187 e. The molecular weight excluding hydrogens is 216 g/mol. The molecule has 6 heteroatoms. The summed E-state index contributed by atoms with van der Waals surface area (Å²) in [6.07, 6.45) is -6.06. The van der Waals surface area contributed by atoms with Crippen LogP contribution in [-0.2, 0) is 9.47 Å². The van der Waals surface area contributed by atoms with E-state index in [1.807, 2.05) is 0 Å². The van der Waals surface area contributed by atoms with Gasteiger partial charge in [-0.1, -0.05) is 0 Å². The average molecular weight is 236 g/mol. The lowest BCUT2D eigenvalue weighted by Crippen LogP contribution is -2.60. The third-order valence-corrected chi connectivity index (χ3v) is 2.32. The highest BCUT2D eigenvalue weighted by Crippen LogP contribution is 2.25. The number of aliphatic hydroxyl groups is 4. The van der Waals surface area contributed by atoms with Crippen molar-refractivity contribution < 1.29 is 29.9 Å². The molecule has 1 aliphatic heterocycles. The van der Waals surface area contributed by atoms with Gasteiger partial charge in [0, 0.05) is 0 Å². The number of hydrogen-bond donors (Lipinski definition) is 4. The quantitative estimate of drug-likeness (QED) is 0.471. The summed E-state index contributed by atoms with van der Waals surface area (Å²) in [5, 5.41) is 37.6. The summed E-state index contributed by atoms with van der Waals surface area (Å²) in [6.45, 7) is 4.87. The highest BCUT2D eigenvalue weighted by Gasteiger charge is 2.45. The van der Waals surface area contributed by atoms with Crippen LogP contribution in [0.2, 0.25) is 0 Å². The van der Waals surface area contributed by atoms with Crippen molar-refractivity contribution in [1.82, 2.24) is 0 Å². The van der Waals surface area contributed by atoms with Crippen LogP contribution in [0.15, 0.2) is 0 Å². The summed E-state index contributed by atoms with van der Waals surface area (Å²) < 4.78 is 10.6. The van der Waals surface area contributed by atoms with Gasteiger partial charge in [-0.25, -0.2) is 0 Å². The van der Waals surface area contributed by atoms with Gasteiger partial charge in [0.15, 0.2) is 6.29 Å². The summed E-state index contributed by atoms with van der Waals surface area (Å²) in [5.74, 6) is 0. The van der Waals surface area contributed by atoms with Crippen LogP contribution in [0.3, 0.4) is 0 Å². The van der Waals surface area contributed by atoms with Gasteiger partial charge in [0.1, 0.15) is 24.4 Å². The standard InChI is InChI=1S/C10H20O6/c1-10(2,3)16-9-8(14)7(13)6(12)5(4-11)15-9/h5-9,11-14H,4H2,1-3H3/t5-,6-,7+,8-,9-/m1/s1. The first-order valence-corrected chi connectivity index (χ1v) is 5.24. The summed E-state index contributed by atoms with van der Waals surface area (Å²) in [5.41, 5.74) is -0.562. The van der Waals surface area contributed by atoms with Crippen molar-refractivity contribution in [2.24, 2.45) is 0 Å². The first-order valence-electron chi connectivity index (χ1n) is 5.24. The SMILES string of the molecule is CC(C)(C)O[C@H]1O[C@H](CO)[C@@H](O)[C@H](O)[C@H]1O. The molecule has 0 radical (unpaired) electrons. The molecule has 96 valence electrons. The van der Waals surface area contributed by atoms with Crippen LogP contribution in [0.25, 0.3) is 0 Å². The second-order valence-electron chi connectivity index (χ2n) is 4.93. The molecular formula is C10H20O6. The molecule has 0 aliphatic carbocycles. The molecule has 0 amide bonds. The Kier molecular flexibility index (Phi) is 4.28. The van der Waals surface area contributed by atoms with Crippen LogP contribution < -0.4 is 0 Å². The van der Waals surface area contributed by atoms with E-state index in [1.165, 1.54) is 0 Å². The van der Waals surface area contributed by atoms with Crippen LogP contribution in [-0.4, -0.2) is 63.3 Å². The Morgan fingerprint density at radius 2 is 1.62 bits per heavy atom. The van der Waals surface area contributed by atoms with Crippen molar-refractivity contribution in [2.45, 2.75) is 57.1 Å². The van der Waals surface area contributed by atoms with Crippen molar-refractivity contribution in [1.29, 1.82) is 0 Å². The molecule has 1 saturated heterocycles. The number of rotatable bonds is 2. The molecule has 0 spiro atoms. The highest BCUT2D eigenvalue weighted by atomic mass is 16.7. The van der Waals surface area contributed by atoms with Crippen LogP contribution >= 0.6 is 0 Å². The van der Waals surface area contributed by atoms with E-state index >= 15 is 0 Å². The minimum atomic E-state index is -1.39. The zero-order chi connectivity index (χ0) is 12.5. The first kappa shape index (κ1) is 13.8. The minimum Gasteiger partial charge on any atom is -0.394 e. The largest absolute Gasteiger partial charge is 0.394 e. The highest BCUT2D eigenvalue weighted by molar-refractivity contribution is 4.89. The maximum atomic E-state index is 9.64. The molecule has 0 aromatic heterocycles. The van der Waals surface area contributed by atoms with E-state index in [0.717, 1.165) is 0 Å². The fourth-order valence-electron chi connectivity index (χ4n) is 1.51. The lowest BCUT2D eigenvalue weighted by molar-refractivity contribution is -0.320. The van der Waals surface area contributed by atoms with Crippen LogP contribution in [0.5, 0.6) is 0 Å². The fourth-order valence-corrected chi connectivity index (χ4v) is 1.51. The molecule has 1 heterocycles. The zero-order valence-electron chi connectivity index (χ0n) is 9.70. The van der Waals surface area contributed by atoms with E-state index in [4.69, 9.17) is 14.6 Å². The van der Waals surface area contributed by atoms with Crippen LogP contribution in [0.4, 0.5) is 0 Å². The lowest BCUT2D eigenvalue weighted by atomic mass is 9.99. The summed E-state index contributed by atoms with van der Waals surface area (Å²) in [7, 11) is 0. The predicted molar refractivity (Wildman–Crippen MR) is 54.6 cm³/mol. The third kappa shape index (κ3) is 3.13. The van der Waals surface area contributed by atoms with Gasteiger partial charge in [0.25, 0.3) is 0 Å². The molecule has 6 nitrogen and oxygen atoms in total. The van der Waals surface area contributed by atoms with Gasteiger partial charge in [0.2, 0.25) is 0 Å². The predicted octanol–water partition coefficient (Wildman–Crippen LogP) is -1.40. The Labute approximate surface area is 94.4 Å². The molecule has 4 N–H and O–H groups in total. The zero-order valence-corrected chi connectivity index (χ0v) is 9.70. The van der Waals surface area contributed by atoms with Crippen molar-refractivity contribution in [3.8, 4) is 0 Å². The second-order valence-corrected chi connectivity index (χ2v) is 4.93. The average Bonchev–Trinajstić information content (AvgIpc) is 2.17. The molecule has 0 aromatic carbocycles. The Morgan fingerprint density at radius 1 is 1.06 bits per heavy atom. The number of aliphatic hydroxyl groups excluding tert-OH is 4. The molecule has 5 atom stereocenters. The smallest absolute Gasteiger partial charge is 0.187 e. The fraction of sp³-hybridized carbons (Fsp3) is 1.00. The van der Waals surface area contributed by atoms with Gasteiger partial charge in [-0.05, 0) is 20.8 Å². The first-order chi connectivity index (χ1) is 7.26. The Bertz CT molecular complexity index is 224. The van der Waals surface area contributed by atoms with Gasteiger partial charge in [0.05, 0.1) is 12.2 Å². The van der Waals surface area contributed by atoms with E-state index in [9.17, 15) is 15.3 Å². The van der Waals surface area contributed by atoms with Crippen molar-refractivity contribution >= 4 is 0 Å². The Hall–Kier alpha value is -0.240. The van der Waals surface area contributed by atoms with Gasteiger partial charge >= 0.3 is 0 Å². The van der Waals surface area contributed by atoms with Gasteiger partial charge in [-0.2, -0.15) is 0 Å². The summed E-state index contributed by atoms with van der Waals surface area (Å²) >= 11 is 0. The molecule has 1 fully saturated rings. The van der Waals surface area contributed by atoms with E-state index in [1.54, 1.807) is 20.8 Å². The van der Waals surface area contributed by atoms with Gasteiger partial charge < -0.3 is 29.9 Å². The Balaban J connectivity index is 2.71. The lowest BCUT2D eigenvalue weighted by Gasteiger charge is -2.41. The number of hydrogen-bond acceptors (Lipinski definition) is 6. The number of ether oxygens (including phenoxy) is 2. The Morgan fingerprint density at radius 3 is 2.06 bits per heavy atom. The molecule has 0 aromatic rings. The molecule has 0 bridgehead atoms. The van der Waals surface area contributed by atoms with E-state index in [2.05, 4.69) is 0 Å². The molecule has 1 aliphatic rings. The van der Waals surface area contributed by atoms with Gasteiger partial charge in [-0.3, -0.25) is 0 Å². The monoisotopic (exact) mass is 236 g/mol. The van der Waals surface area contributed by atoms with Crippen molar-refractivity contribution in [2.75, 3.05) is 6.61 Å².